The van der Waals surface area contributed by atoms with E-state index in [0.29, 0.717) is 17.8 Å². The van der Waals surface area contributed by atoms with Gasteiger partial charge in [0.05, 0.1) is 5.69 Å². The maximum atomic E-state index is 11.9. The number of anilines is 1. The van der Waals surface area contributed by atoms with E-state index in [1.807, 2.05) is 20.8 Å². The van der Waals surface area contributed by atoms with E-state index < -0.39 is 0 Å². The summed E-state index contributed by atoms with van der Waals surface area (Å²) in [4.78, 5) is 11.9. The van der Waals surface area contributed by atoms with Crippen molar-refractivity contribution in [3.63, 3.8) is 0 Å². The van der Waals surface area contributed by atoms with Crippen LogP contribution in [0.2, 0.25) is 0 Å². The smallest absolute Gasteiger partial charge is 0.255 e. The maximum Gasteiger partial charge on any atom is 0.255 e. The van der Waals surface area contributed by atoms with Crippen molar-refractivity contribution in [2.45, 2.75) is 33.9 Å². The minimum absolute atomic E-state index is 0.0146. The van der Waals surface area contributed by atoms with Crippen LogP contribution in [0, 0.1) is 13.8 Å². The molecule has 0 unspecified atom stereocenters. The van der Waals surface area contributed by atoms with Crippen LogP contribution in [0.15, 0.2) is 4.79 Å². The molecular formula is C10H17N3O. The summed E-state index contributed by atoms with van der Waals surface area (Å²) in [5.41, 5.74) is 14.3. The molecule has 14 heavy (non-hydrogen) atoms. The molecule has 1 rings (SSSR count). The van der Waals surface area contributed by atoms with Crippen LogP contribution >= 0.6 is 0 Å². The molecule has 4 heteroatoms. The molecule has 4 nitrogen and oxygen atoms in total. The van der Waals surface area contributed by atoms with Gasteiger partial charge in [0.15, 0.2) is 0 Å². The van der Waals surface area contributed by atoms with E-state index in [2.05, 4.69) is 0 Å². The first-order valence-corrected chi connectivity index (χ1v) is 4.73. The first-order chi connectivity index (χ1) is 6.54. The van der Waals surface area contributed by atoms with Gasteiger partial charge in [-0.05, 0) is 26.3 Å². The minimum atomic E-state index is -0.0146. The second kappa shape index (κ2) is 3.84. The molecule has 0 fully saturated rings. The van der Waals surface area contributed by atoms with Crippen molar-refractivity contribution in [2.24, 2.45) is 5.73 Å². The third kappa shape index (κ3) is 1.42. The normalized spacial score (nSPS) is 10.6. The molecule has 0 atom stereocenters. The van der Waals surface area contributed by atoms with E-state index in [1.165, 1.54) is 0 Å². The Morgan fingerprint density at radius 2 is 1.93 bits per heavy atom. The number of nitrogens with two attached hydrogens (primary N) is 2. The van der Waals surface area contributed by atoms with E-state index >= 15 is 0 Å². The SMILES string of the molecule is CCn1c(C)c(N)c(C)c(CN)c1=O. The summed E-state index contributed by atoms with van der Waals surface area (Å²) < 4.78 is 1.66. The van der Waals surface area contributed by atoms with E-state index in [9.17, 15) is 4.79 Å². The lowest BCUT2D eigenvalue weighted by Gasteiger charge is -2.15. The van der Waals surface area contributed by atoms with E-state index in [-0.39, 0.29) is 12.1 Å². The Balaban J connectivity index is 3.65. The third-order valence-corrected chi connectivity index (χ3v) is 2.67. The summed E-state index contributed by atoms with van der Waals surface area (Å²) in [6, 6.07) is 0. The molecule has 0 amide bonds. The van der Waals surface area contributed by atoms with Crippen LogP contribution in [-0.2, 0) is 13.1 Å². The summed E-state index contributed by atoms with van der Waals surface area (Å²) in [6.07, 6.45) is 0. The first-order valence-electron chi connectivity index (χ1n) is 4.73. The van der Waals surface area contributed by atoms with Crippen LogP contribution in [0.4, 0.5) is 5.69 Å². The number of nitrogen functional groups attached to an aromatic ring is 1. The Kier molecular flexibility index (Phi) is 2.96. The van der Waals surface area contributed by atoms with Crippen LogP contribution in [-0.4, -0.2) is 4.57 Å². The Morgan fingerprint density at radius 3 is 2.36 bits per heavy atom. The fraction of sp³-hybridized carbons (Fsp3) is 0.500. The third-order valence-electron chi connectivity index (χ3n) is 2.67. The maximum absolute atomic E-state index is 11.9. The highest BCUT2D eigenvalue weighted by molar-refractivity contribution is 5.53. The molecule has 0 aliphatic carbocycles. The lowest BCUT2D eigenvalue weighted by molar-refractivity contribution is 0.689. The molecule has 0 aromatic carbocycles. The van der Waals surface area contributed by atoms with Gasteiger partial charge in [0.1, 0.15) is 0 Å². The molecule has 1 aromatic heterocycles. The quantitative estimate of drug-likeness (QED) is 0.722. The van der Waals surface area contributed by atoms with Gasteiger partial charge in [-0.2, -0.15) is 0 Å². The van der Waals surface area contributed by atoms with Crippen molar-refractivity contribution in [3.8, 4) is 0 Å². The molecular weight excluding hydrogens is 178 g/mol. The van der Waals surface area contributed by atoms with Gasteiger partial charge in [0, 0.05) is 24.3 Å². The number of hydrogen-bond donors (Lipinski definition) is 2. The average molecular weight is 195 g/mol. The van der Waals surface area contributed by atoms with Crippen molar-refractivity contribution >= 4 is 5.69 Å². The molecule has 0 aliphatic rings. The summed E-state index contributed by atoms with van der Waals surface area (Å²) in [6.45, 7) is 6.49. The van der Waals surface area contributed by atoms with Crippen LogP contribution in [0.25, 0.3) is 0 Å². The number of nitrogens with zero attached hydrogens (tertiary/aromatic N) is 1. The zero-order valence-corrected chi connectivity index (χ0v) is 8.92. The number of hydrogen-bond acceptors (Lipinski definition) is 3. The minimum Gasteiger partial charge on any atom is -0.397 e. The monoisotopic (exact) mass is 195 g/mol. The van der Waals surface area contributed by atoms with E-state index in [1.54, 1.807) is 4.57 Å². The summed E-state index contributed by atoms with van der Waals surface area (Å²) in [5, 5.41) is 0. The van der Waals surface area contributed by atoms with Crippen LogP contribution in [0.3, 0.4) is 0 Å². The topological polar surface area (TPSA) is 74.0 Å². The average Bonchev–Trinajstić information content (AvgIpc) is 2.16. The Hall–Kier alpha value is -1.29. The molecule has 0 saturated heterocycles. The standard InChI is InChI=1S/C10H17N3O/c1-4-13-7(3)9(12)6(2)8(5-11)10(13)14/h4-5,11-12H2,1-3H3. The van der Waals surface area contributed by atoms with Crippen LogP contribution in [0.5, 0.6) is 0 Å². The van der Waals surface area contributed by atoms with Crippen molar-refractivity contribution in [2.75, 3.05) is 5.73 Å². The molecule has 78 valence electrons. The second-order valence-electron chi connectivity index (χ2n) is 3.36. The van der Waals surface area contributed by atoms with Crippen molar-refractivity contribution in [1.82, 2.24) is 4.57 Å². The van der Waals surface area contributed by atoms with Crippen molar-refractivity contribution in [3.05, 3.63) is 27.2 Å². The molecule has 0 aliphatic heterocycles. The summed E-state index contributed by atoms with van der Waals surface area (Å²) in [5.74, 6) is 0. The van der Waals surface area contributed by atoms with E-state index in [4.69, 9.17) is 11.5 Å². The molecule has 4 N–H and O–H groups in total. The highest BCUT2D eigenvalue weighted by Crippen LogP contribution is 2.16. The first kappa shape index (κ1) is 10.8. The lowest BCUT2D eigenvalue weighted by Crippen LogP contribution is -2.29. The number of rotatable bonds is 2. The predicted molar refractivity (Wildman–Crippen MR) is 58.2 cm³/mol. The zero-order chi connectivity index (χ0) is 10.9. The molecule has 0 spiro atoms. The van der Waals surface area contributed by atoms with Gasteiger partial charge in [0.2, 0.25) is 0 Å². The number of aromatic nitrogens is 1. The highest BCUT2D eigenvalue weighted by atomic mass is 16.1. The molecule has 0 radical (unpaired) electrons. The Bertz CT molecular complexity index is 373. The molecule has 0 bridgehead atoms. The highest BCUT2D eigenvalue weighted by Gasteiger charge is 2.12. The van der Waals surface area contributed by atoms with E-state index in [0.717, 1.165) is 11.3 Å². The van der Waals surface area contributed by atoms with Gasteiger partial charge in [-0.25, -0.2) is 0 Å². The van der Waals surface area contributed by atoms with Crippen LogP contribution < -0.4 is 17.0 Å². The molecule has 0 saturated carbocycles. The van der Waals surface area contributed by atoms with Gasteiger partial charge in [-0.15, -0.1) is 0 Å². The van der Waals surface area contributed by atoms with Crippen LogP contribution in [0.1, 0.15) is 23.7 Å². The van der Waals surface area contributed by atoms with Gasteiger partial charge >= 0.3 is 0 Å². The second-order valence-corrected chi connectivity index (χ2v) is 3.36. The summed E-state index contributed by atoms with van der Waals surface area (Å²) in [7, 11) is 0. The van der Waals surface area contributed by atoms with Crippen molar-refractivity contribution in [1.29, 1.82) is 0 Å². The molecule has 1 heterocycles. The number of pyridine rings is 1. The van der Waals surface area contributed by atoms with Gasteiger partial charge in [-0.3, -0.25) is 4.79 Å². The summed E-state index contributed by atoms with van der Waals surface area (Å²) >= 11 is 0. The molecule has 1 aromatic rings. The zero-order valence-electron chi connectivity index (χ0n) is 8.92. The van der Waals surface area contributed by atoms with Gasteiger partial charge < -0.3 is 16.0 Å². The van der Waals surface area contributed by atoms with Gasteiger partial charge in [0.25, 0.3) is 5.56 Å². The Labute approximate surface area is 83.5 Å². The Morgan fingerprint density at radius 1 is 1.36 bits per heavy atom. The largest absolute Gasteiger partial charge is 0.397 e. The fourth-order valence-electron chi connectivity index (χ4n) is 1.68. The van der Waals surface area contributed by atoms with Gasteiger partial charge in [-0.1, -0.05) is 0 Å². The van der Waals surface area contributed by atoms with Crippen molar-refractivity contribution < 1.29 is 0 Å². The predicted octanol–water partition coefficient (Wildman–Crippen LogP) is 0.526. The lowest BCUT2D eigenvalue weighted by atomic mass is 10.1. The fourth-order valence-corrected chi connectivity index (χ4v) is 1.68.